The molecule has 0 aliphatic carbocycles. The first-order chi connectivity index (χ1) is 15.3. The highest BCUT2D eigenvalue weighted by Gasteiger charge is 2.42. The molecule has 0 radical (unpaired) electrons. The van der Waals surface area contributed by atoms with Gasteiger partial charge in [-0.15, -0.1) is 0 Å². The van der Waals surface area contributed by atoms with E-state index in [1.807, 2.05) is 79.8 Å². The minimum absolute atomic E-state index is 0.00429. The molecule has 1 saturated heterocycles. The van der Waals surface area contributed by atoms with Crippen LogP contribution in [0.25, 0.3) is 0 Å². The summed E-state index contributed by atoms with van der Waals surface area (Å²) in [5, 5.41) is 3.94. The Morgan fingerprint density at radius 3 is 1.88 bits per heavy atom. The molecular weight excluding hydrogens is 463 g/mol. The standard InChI is InChI=1S/C25H26Cl2N2O2S/c1-28-23-5-3-4-19(14-23)25(32(2,30)31)20-15-29(16-20)24(17-6-10-21(26)11-7-17)18-8-12-22(27)13-9-18/h3-14,20,24-25,28H,15-16H2,1-2H3/t25-/m0/s1. The van der Waals surface area contributed by atoms with Gasteiger partial charge in [0, 0.05) is 48.0 Å². The Hall–Kier alpha value is -2.05. The van der Waals surface area contributed by atoms with E-state index in [0.717, 1.165) is 22.4 Å². The Labute approximate surface area is 200 Å². The van der Waals surface area contributed by atoms with Crippen LogP contribution in [0.2, 0.25) is 10.0 Å². The van der Waals surface area contributed by atoms with Gasteiger partial charge in [0.25, 0.3) is 0 Å². The molecule has 0 aromatic heterocycles. The molecule has 1 aliphatic rings. The molecule has 4 nitrogen and oxygen atoms in total. The minimum atomic E-state index is -3.28. The van der Waals surface area contributed by atoms with Crippen molar-refractivity contribution in [1.82, 2.24) is 4.90 Å². The van der Waals surface area contributed by atoms with Crippen molar-refractivity contribution in [1.29, 1.82) is 0 Å². The molecule has 1 fully saturated rings. The Morgan fingerprint density at radius 2 is 1.41 bits per heavy atom. The van der Waals surface area contributed by atoms with Crippen LogP contribution in [0.5, 0.6) is 0 Å². The molecule has 1 aliphatic heterocycles. The molecule has 1 N–H and O–H groups in total. The normalized spacial score (nSPS) is 16.0. The van der Waals surface area contributed by atoms with Gasteiger partial charge >= 0.3 is 0 Å². The summed E-state index contributed by atoms with van der Waals surface area (Å²) in [7, 11) is -1.45. The lowest BCUT2D eigenvalue weighted by Crippen LogP contribution is -2.52. The van der Waals surface area contributed by atoms with Crippen molar-refractivity contribution in [3.63, 3.8) is 0 Å². The van der Waals surface area contributed by atoms with Crippen molar-refractivity contribution in [2.24, 2.45) is 5.92 Å². The first kappa shape index (κ1) is 23.1. The number of nitrogens with zero attached hydrogens (tertiary/aromatic N) is 1. The predicted molar refractivity (Wildman–Crippen MR) is 133 cm³/mol. The van der Waals surface area contributed by atoms with Crippen molar-refractivity contribution in [2.45, 2.75) is 11.3 Å². The van der Waals surface area contributed by atoms with E-state index >= 15 is 0 Å². The van der Waals surface area contributed by atoms with E-state index in [1.54, 1.807) is 0 Å². The number of sulfone groups is 1. The van der Waals surface area contributed by atoms with Crippen molar-refractivity contribution in [3.05, 3.63) is 99.5 Å². The lowest BCUT2D eigenvalue weighted by Gasteiger charge is -2.47. The maximum Gasteiger partial charge on any atom is 0.154 e. The average molecular weight is 489 g/mol. The predicted octanol–water partition coefficient (Wildman–Crippen LogP) is 5.84. The highest BCUT2D eigenvalue weighted by molar-refractivity contribution is 7.90. The third kappa shape index (κ3) is 4.96. The number of anilines is 1. The number of rotatable bonds is 7. The van der Waals surface area contributed by atoms with Crippen LogP contribution in [-0.4, -0.2) is 39.7 Å². The third-order valence-corrected chi connectivity index (χ3v) is 8.15. The number of hydrogen-bond acceptors (Lipinski definition) is 4. The van der Waals surface area contributed by atoms with Gasteiger partial charge in [-0.3, -0.25) is 4.90 Å². The van der Waals surface area contributed by atoms with E-state index in [4.69, 9.17) is 23.2 Å². The molecule has 168 valence electrons. The van der Waals surface area contributed by atoms with Gasteiger partial charge in [0.15, 0.2) is 9.84 Å². The zero-order chi connectivity index (χ0) is 22.9. The summed E-state index contributed by atoms with van der Waals surface area (Å²) in [6.07, 6.45) is 1.34. The molecule has 0 spiro atoms. The van der Waals surface area contributed by atoms with Crippen LogP contribution in [0.4, 0.5) is 5.69 Å². The Bertz CT molecular complexity index is 1130. The molecule has 3 aromatic carbocycles. The Kier molecular flexibility index (Phi) is 6.82. The summed E-state index contributed by atoms with van der Waals surface area (Å²) in [4.78, 5) is 2.32. The fourth-order valence-corrected chi connectivity index (χ4v) is 6.36. The lowest BCUT2D eigenvalue weighted by molar-refractivity contribution is 0.0655. The van der Waals surface area contributed by atoms with Gasteiger partial charge in [0.2, 0.25) is 0 Å². The van der Waals surface area contributed by atoms with Crippen LogP contribution in [-0.2, 0) is 9.84 Å². The summed E-state index contributed by atoms with van der Waals surface area (Å²) in [6, 6.07) is 23.3. The van der Waals surface area contributed by atoms with Gasteiger partial charge < -0.3 is 5.32 Å². The van der Waals surface area contributed by atoms with Crippen LogP contribution in [0.15, 0.2) is 72.8 Å². The second-order valence-corrected chi connectivity index (χ2v) is 11.4. The summed E-state index contributed by atoms with van der Waals surface area (Å²) >= 11 is 12.2. The van der Waals surface area contributed by atoms with Gasteiger partial charge in [0.1, 0.15) is 0 Å². The zero-order valence-corrected chi connectivity index (χ0v) is 20.3. The van der Waals surface area contributed by atoms with Crippen molar-refractivity contribution in [3.8, 4) is 0 Å². The van der Waals surface area contributed by atoms with E-state index in [0.29, 0.717) is 23.1 Å². The maximum absolute atomic E-state index is 12.8. The fraction of sp³-hybridized carbons (Fsp3) is 0.280. The van der Waals surface area contributed by atoms with E-state index in [1.165, 1.54) is 6.26 Å². The molecule has 0 unspecified atom stereocenters. The highest BCUT2D eigenvalue weighted by atomic mass is 35.5. The summed E-state index contributed by atoms with van der Waals surface area (Å²) in [5.74, 6) is 0.0132. The number of benzene rings is 3. The van der Waals surface area contributed by atoms with Crippen LogP contribution in [0, 0.1) is 5.92 Å². The number of nitrogens with one attached hydrogen (secondary N) is 1. The Balaban J connectivity index is 1.63. The van der Waals surface area contributed by atoms with Gasteiger partial charge in [-0.2, -0.15) is 0 Å². The fourth-order valence-electron chi connectivity index (χ4n) is 4.60. The molecule has 1 atom stereocenters. The molecule has 0 bridgehead atoms. The van der Waals surface area contributed by atoms with Gasteiger partial charge in [-0.1, -0.05) is 59.6 Å². The van der Waals surface area contributed by atoms with Gasteiger partial charge in [-0.05, 0) is 53.1 Å². The third-order valence-electron chi connectivity index (χ3n) is 6.07. The SMILES string of the molecule is CNc1cccc([C@@H](C2CN(C(c3ccc(Cl)cc3)c3ccc(Cl)cc3)C2)S(C)(=O)=O)c1. The van der Waals surface area contributed by atoms with Gasteiger partial charge in [-0.25, -0.2) is 8.42 Å². The second-order valence-electron chi connectivity index (χ2n) is 8.35. The largest absolute Gasteiger partial charge is 0.388 e. The average Bonchev–Trinajstić information content (AvgIpc) is 2.73. The first-order valence-corrected chi connectivity index (χ1v) is 13.2. The first-order valence-electron chi connectivity index (χ1n) is 10.5. The maximum atomic E-state index is 12.8. The van der Waals surface area contributed by atoms with Crippen LogP contribution < -0.4 is 5.32 Å². The summed E-state index contributed by atoms with van der Waals surface area (Å²) in [5.41, 5.74) is 3.97. The molecule has 32 heavy (non-hydrogen) atoms. The van der Waals surface area contributed by atoms with Crippen LogP contribution >= 0.6 is 23.2 Å². The van der Waals surface area contributed by atoms with E-state index in [9.17, 15) is 8.42 Å². The van der Waals surface area contributed by atoms with Crippen LogP contribution in [0.3, 0.4) is 0 Å². The molecular formula is C25H26Cl2N2O2S. The van der Waals surface area contributed by atoms with Crippen molar-refractivity contribution < 1.29 is 8.42 Å². The summed E-state index contributed by atoms with van der Waals surface area (Å²) < 4.78 is 25.6. The minimum Gasteiger partial charge on any atom is -0.388 e. The van der Waals surface area contributed by atoms with Crippen molar-refractivity contribution in [2.75, 3.05) is 31.7 Å². The molecule has 1 heterocycles. The molecule has 0 amide bonds. The smallest absolute Gasteiger partial charge is 0.154 e. The number of halogens is 2. The van der Waals surface area contributed by atoms with Crippen molar-refractivity contribution >= 4 is 38.7 Å². The topological polar surface area (TPSA) is 49.4 Å². The molecule has 4 rings (SSSR count). The number of hydrogen-bond donors (Lipinski definition) is 1. The number of likely N-dealkylation sites (tertiary alicyclic amines) is 1. The Morgan fingerprint density at radius 1 is 0.875 bits per heavy atom. The lowest BCUT2D eigenvalue weighted by atomic mass is 9.86. The molecule has 0 saturated carbocycles. The van der Waals surface area contributed by atoms with E-state index in [-0.39, 0.29) is 12.0 Å². The van der Waals surface area contributed by atoms with E-state index in [2.05, 4.69) is 10.2 Å². The second kappa shape index (κ2) is 9.44. The molecule has 3 aromatic rings. The summed E-state index contributed by atoms with van der Waals surface area (Å²) in [6.45, 7) is 1.36. The van der Waals surface area contributed by atoms with E-state index < -0.39 is 15.1 Å². The van der Waals surface area contributed by atoms with Crippen LogP contribution in [0.1, 0.15) is 28.0 Å². The molecule has 7 heteroatoms. The highest BCUT2D eigenvalue weighted by Crippen LogP contribution is 2.42. The zero-order valence-electron chi connectivity index (χ0n) is 18.0. The van der Waals surface area contributed by atoms with Gasteiger partial charge in [0.05, 0.1) is 11.3 Å². The monoisotopic (exact) mass is 488 g/mol. The quantitative estimate of drug-likeness (QED) is 0.453.